The number of benzene rings is 1. The number of aliphatic carboxylic acids is 1. The molecule has 126 valence electrons. The smallest absolute Gasteiger partial charge is 0.326 e. The molecule has 0 aliphatic carbocycles. The summed E-state index contributed by atoms with van der Waals surface area (Å²) in [5.74, 6) is -0.264. The van der Waals surface area contributed by atoms with E-state index in [1.807, 2.05) is 6.92 Å². The summed E-state index contributed by atoms with van der Waals surface area (Å²) in [6, 6.07) is 9.18. The van der Waals surface area contributed by atoms with Crippen molar-refractivity contribution in [1.82, 2.24) is 10.3 Å². The molecule has 6 nitrogen and oxygen atoms in total. The van der Waals surface area contributed by atoms with Crippen molar-refractivity contribution in [2.24, 2.45) is 0 Å². The van der Waals surface area contributed by atoms with Crippen LogP contribution in [0.2, 0.25) is 0 Å². The van der Waals surface area contributed by atoms with Crippen LogP contribution in [0.4, 0.5) is 0 Å². The number of pyridine rings is 1. The maximum Gasteiger partial charge on any atom is 0.326 e. The number of hydrogen-bond acceptors (Lipinski definition) is 4. The predicted octanol–water partition coefficient (Wildman–Crippen LogP) is 3.25. The van der Waals surface area contributed by atoms with Crippen LogP contribution in [0.3, 0.4) is 0 Å². The van der Waals surface area contributed by atoms with Crippen molar-refractivity contribution in [2.75, 3.05) is 0 Å². The largest absolute Gasteiger partial charge is 0.480 e. The van der Waals surface area contributed by atoms with Gasteiger partial charge in [-0.25, -0.2) is 4.79 Å². The zero-order valence-electron chi connectivity index (χ0n) is 13.4. The van der Waals surface area contributed by atoms with Crippen molar-refractivity contribution in [3.05, 3.63) is 54.4 Å². The summed E-state index contributed by atoms with van der Waals surface area (Å²) in [5.41, 5.74) is 0.385. The van der Waals surface area contributed by atoms with Gasteiger partial charge in [-0.3, -0.25) is 9.78 Å². The maximum atomic E-state index is 12.2. The lowest BCUT2D eigenvalue weighted by Crippen LogP contribution is -2.40. The molecular weight excluding hydrogens is 308 g/mol. The molecule has 24 heavy (non-hydrogen) atoms. The fourth-order valence-corrected chi connectivity index (χ4v) is 2.13. The maximum absolute atomic E-state index is 12.2. The number of unbranched alkanes of at least 4 members (excludes halogenated alkanes) is 1. The van der Waals surface area contributed by atoms with Gasteiger partial charge < -0.3 is 15.2 Å². The van der Waals surface area contributed by atoms with Gasteiger partial charge in [0.15, 0.2) is 0 Å². The third-order valence-corrected chi connectivity index (χ3v) is 3.44. The fraction of sp³-hybridized carbons (Fsp3) is 0.278. The molecule has 0 aliphatic rings. The van der Waals surface area contributed by atoms with Gasteiger partial charge in [0.05, 0.1) is 6.20 Å². The second kappa shape index (κ2) is 8.67. The average Bonchev–Trinajstić information content (AvgIpc) is 2.59. The molecule has 0 unspecified atom stereocenters. The van der Waals surface area contributed by atoms with Crippen LogP contribution in [0.5, 0.6) is 11.5 Å². The van der Waals surface area contributed by atoms with Crippen molar-refractivity contribution >= 4 is 11.9 Å². The standard InChI is InChI=1S/C18H20N2O4/c1-2-3-6-16(18(22)23)20-17(21)13-7-9-14(10-8-13)24-15-5-4-11-19-12-15/h4-5,7-12,16H,2-3,6H2,1H3,(H,20,21)(H,22,23)/t16-/m0/s1. The minimum atomic E-state index is -1.02. The van der Waals surface area contributed by atoms with Crippen LogP contribution >= 0.6 is 0 Å². The third-order valence-electron chi connectivity index (χ3n) is 3.44. The molecule has 1 aromatic carbocycles. The molecule has 2 N–H and O–H groups in total. The van der Waals surface area contributed by atoms with Gasteiger partial charge in [0.2, 0.25) is 0 Å². The minimum absolute atomic E-state index is 0.385. The number of ether oxygens (including phenoxy) is 1. The number of amides is 1. The first-order valence-electron chi connectivity index (χ1n) is 7.81. The molecule has 0 fully saturated rings. The Morgan fingerprint density at radius 1 is 1.21 bits per heavy atom. The average molecular weight is 328 g/mol. The first-order valence-corrected chi connectivity index (χ1v) is 7.81. The van der Waals surface area contributed by atoms with Gasteiger partial charge in [0.25, 0.3) is 5.91 Å². The summed E-state index contributed by atoms with van der Waals surface area (Å²) in [4.78, 5) is 27.3. The van der Waals surface area contributed by atoms with Crippen LogP contribution < -0.4 is 10.1 Å². The van der Waals surface area contributed by atoms with Crippen LogP contribution in [-0.4, -0.2) is 28.0 Å². The fourth-order valence-electron chi connectivity index (χ4n) is 2.13. The summed E-state index contributed by atoms with van der Waals surface area (Å²) in [6.45, 7) is 1.97. The number of rotatable bonds is 8. The van der Waals surface area contributed by atoms with Crippen LogP contribution in [0, 0.1) is 0 Å². The van der Waals surface area contributed by atoms with Crippen molar-refractivity contribution in [3.8, 4) is 11.5 Å². The molecule has 1 heterocycles. The number of carbonyl (C=O) groups is 2. The highest BCUT2D eigenvalue weighted by Crippen LogP contribution is 2.20. The van der Waals surface area contributed by atoms with Gasteiger partial charge in [-0.05, 0) is 42.8 Å². The summed E-state index contributed by atoms with van der Waals surface area (Å²) in [5, 5.41) is 11.7. The molecule has 0 saturated heterocycles. The third kappa shape index (κ3) is 5.08. The van der Waals surface area contributed by atoms with Crippen LogP contribution in [0.25, 0.3) is 0 Å². The molecule has 0 aliphatic heterocycles. The minimum Gasteiger partial charge on any atom is -0.480 e. The van der Waals surface area contributed by atoms with Gasteiger partial charge in [0.1, 0.15) is 17.5 Å². The van der Waals surface area contributed by atoms with E-state index < -0.39 is 17.9 Å². The van der Waals surface area contributed by atoms with Crippen molar-refractivity contribution < 1.29 is 19.4 Å². The van der Waals surface area contributed by atoms with E-state index in [4.69, 9.17) is 9.84 Å². The van der Waals surface area contributed by atoms with E-state index in [9.17, 15) is 9.59 Å². The molecule has 0 saturated carbocycles. The van der Waals surface area contributed by atoms with Gasteiger partial charge in [0, 0.05) is 11.8 Å². The summed E-state index contributed by atoms with van der Waals surface area (Å²) >= 11 is 0. The zero-order valence-corrected chi connectivity index (χ0v) is 13.4. The molecule has 2 rings (SSSR count). The second-order valence-electron chi connectivity index (χ2n) is 5.32. The number of carboxylic acids is 1. The van der Waals surface area contributed by atoms with E-state index >= 15 is 0 Å². The zero-order chi connectivity index (χ0) is 17.4. The highest BCUT2D eigenvalue weighted by Gasteiger charge is 2.19. The molecule has 1 atom stereocenters. The lowest BCUT2D eigenvalue weighted by atomic mass is 10.1. The first kappa shape index (κ1) is 17.5. The van der Waals surface area contributed by atoms with Crippen molar-refractivity contribution in [3.63, 3.8) is 0 Å². The summed E-state index contributed by atoms with van der Waals surface area (Å²) in [6.07, 6.45) is 5.28. The van der Waals surface area contributed by atoms with Crippen LogP contribution in [-0.2, 0) is 4.79 Å². The molecule has 6 heteroatoms. The van der Waals surface area contributed by atoms with E-state index in [2.05, 4.69) is 10.3 Å². The Morgan fingerprint density at radius 3 is 2.54 bits per heavy atom. The monoisotopic (exact) mass is 328 g/mol. The summed E-state index contributed by atoms with van der Waals surface area (Å²) in [7, 11) is 0. The SMILES string of the molecule is CCCC[C@H](NC(=O)c1ccc(Oc2cccnc2)cc1)C(=O)O. The Morgan fingerprint density at radius 2 is 1.96 bits per heavy atom. The molecule has 1 aromatic heterocycles. The van der Waals surface area contributed by atoms with E-state index in [1.165, 1.54) is 0 Å². The Kier molecular flexibility index (Phi) is 6.31. The normalized spacial score (nSPS) is 11.5. The molecule has 0 radical (unpaired) electrons. The Labute approximate surface area is 140 Å². The molecule has 1 amide bonds. The number of carbonyl (C=O) groups excluding carboxylic acids is 1. The number of aromatic nitrogens is 1. The number of hydrogen-bond donors (Lipinski definition) is 2. The van der Waals surface area contributed by atoms with Gasteiger partial charge in [-0.2, -0.15) is 0 Å². The summed E-state index contributed by atoms with van der Waals surface area (Å²) < 4.78 is 5.60. The number of carboxylic acid groups (broad SMARTS) is 1. The molecule has 0 spiro atoms. The molecule has 2 aromatic rings. The van der Waals surface area contributed by atoms with Crippen LogP contribution in [0.1, 0.15) is 36.5 Å². The second-order valence-corrected chi connectivity index (χ2v) is 5.32. The quantitative estimate of drug-likeness (QED) is 0.776. The van der Waals surface area contributed by atoms with Crippen molar-refractivity contribution in [2.45, 2.75) is 32.2 Å². The topological polar surface area (TPSA) is 88.5 Å². The van der Waals surface area contributed by atoms with E-state index in [0.29, 0.717) is 23.5 Å². The lowest BCUT2D eigenvalue weighted by molar-refractivity contribution is -0.139. The number of nitrogens with zero attached hydrogens (tertiary/aromatic N) is 1. The lowest BCUT2D eigenvalue weighted by Gasteiger charge is -2.14. The first-order chi connectivity index (χ1) is 11.6. The van der Waals surface area contributed by atoms with Gasteiger partial charge in [-0.1, -0.05) is 19.8 Å². The number of nitrogens with one attached hydrogen (secondary N) is 1. The van der Waals surface area contributed by atoms with E-state index in [0.717, 1.165) is 12.8 Å². The van der Waals surface area contributed by atoms with Gasteiger partial charge in [-0.15, -0.1) is 0 Å². The molecule has 0 bridgehead atoms. The Bertz CT molecular complexity index is 671. The predicted molar refractivity (Wildman–Crippen MR) is 89.2 cm³/mol. The van der Waals surface area contributed by atoms with Crippen molar-refractivity contribution in [1.29, 1.82) is 0 Å². The Hall–Kier alpha value is -2.89. The molecular formula is C18H20N2O4. The Balaban J connectivity index is 1.98. The van der Waals surface area contributed by atoms with E-state index in [-0.39, 0.29) is 0 Å². The highest BCUT2D eigenvalue weighted by molar-refractivity contribution is 5.96. The van der Waals surface area contributed by atoms with Gasteiger partial charge >= 0.3 is 5.97 Å². The van der Waals surface area contributed by atoms with Crippen LogP contribution in [0.15, 0.2) is 48.8 Å². The highest BCUT2D eigenvalue weighted by atomic mass is 16.5. The van der Waals surface area contributed by atoms with E-state index in [1.54, 1.807) is 48.8 Å².